The topological polar surface area (TPSA) is 18.5 Å². The molecule has 0 amide bonds. The number of hydrogen-bond donors (Lipinski definition) is 0. The zero-order valence-electron chi connectivity index (χ0n) is 10.7. The van der Waals surface area contributed by atoms with Crippen molar-refractivity contribution in [2.45, 2.75) is 0 Å². The Kier molecular flexibility index (Phi) is 3.07. The van der Waals surface area contributed by atoms with E-state index < -0.39 is 0 Å². The first kappa shape index (κ1) is 12.3. The Morgan fingerprint density at radius 3 is 2.42 bits per heavy atom. The van der Waals surface area contributed by atoms with E-state index in [0.717, 1.165) is 32.1 Å². The molecule has 3 aromatic rings. The SMILES string of the molecule is COc1cc(Br)c2ccc3ccccc3c2c1OC. The maximum Gasteiger partial charge on any atom is 0.169 e. The van der Waals surface area contributed by atoms with E-state index in [-0.39, 0.29) is 0 Å². The smallest absolute Gasteiger partial charge is 0.169 e. The zero-order chi connectivity index (χ0) is 13.4. The van der Waals surface area contributed by atoms with E-state index in [1.54, 1.807) is 14.2 Å². The molecule has 0 bridgehead atoms. The van der Waals surface area contributed by atoms with Gasteiger partial charge in [0.1, 0.15) is 0 Å². The maximum atomic E-state index is 5.57. The lowest BCUT2D eigenvalue weighted by molar-refractivity contribution is 0.358. The lowest BCUT2D eigenvalue weighted by atomic mass is 10.0. The number of rotatable bonds is 2. The molecule has 19 heavy (non-hydrogen) atoms. The van der Waals surface area contributed by atoms with Crippen molar-refractivity contribution in [2.75, 3.05) is 14.2 Å². The van der Waals surface area contributed by atoms with Crippen LogP contribution in [0.2, 0.25) is 0 Å². The van der Waals surface area contributed by atoms with Crippen LogP contribution in [0.3, 0.4) is 0 Å². The summed E-state index contributed by atoms with van der Waals surface area (Å²) >= 11 is 3.60. The van der Waals surface area contributed by atoms with Crippen LogP contribution < -0.4 is 9.47 Å². The molecule has 0 aromatic heterocycles. The van der Waals surface area contributed by atoms with E-state index in [1.165, 1.54) is 5.39 Å². The van der Waals surface area contributed by atoms with Crippen molar-refractivity contribution in [1.82, 2.24) is 0 Å². The van der Waals surface area contributed by atoms with Crippen molar-refractivity contribution in [3.63, 3.8) is 0 Å². The molecule has 0 aliphatic heterocycles. The van der Waals surface area contributed by atoms with Crippen LogP contribution in [0.1, 0.15) is 0 Å². The Labute approximate surface area is 120 Å². The average Bonchev–Trinajstić information content (AvgIpc) is 2.46. The maximum absolute atomic E-state index is 5.57. The molecule has 0 fully saturated rings. The fraction of sp³-hybridized carbons (Fsp3) is 0.125. The minimum Gasteiger partial charge on any atom is -0.493 e. The van der Waals surface area contributed by atoms with Crippen LogP contribution in [0.25, 0.3) is 21.5 Å². The fourth-order valence-electron chi connectivity index (χ4n) is 2.45. The van der Waals surface area contributed by atoms with Crippen molar-refractivity contribution in [2.24, 2.45) is 0 Å². The van der Waals surface area contributed by atoms with Gasteiger partial charge in [0.05, 0.1) is 14.2 Å². The third kappa shape index (κ3) is 1.85. The van der Waals surface area contributed by atoms with Crippen LogP contribution in [-0.4, -0.2) is 14.2 Å². The van der Waals surface area contributed by atoms with Gasteiger partial charge in [0.2, 0.25) is 0 Å². The molecular weight excluding hydrogens is 304 g/mol. The lowest BCUT2D eigenvalue weighted by Crippen LogP contribution is -1.93. The normalized spacial score (nSPS) is 10.9. The summed E-state index contributed by atoms with van der Waals surface area (Å²) in [6, 6.07) is 14.4. The van der Waals surface area contributed by atoms with E-state index in [1.807, 2.05) is 18.2 Å². The predicted molar refractivity (Wildman–Crippen MR) is 82.3 cm³/mol. The van der Waals surface area contributed by atoms with Crippen molar-refractivity contribution >= 4 is 37.5 Å². The van der Waals surface area contributed by atoms with E-state index in [2.05, 4.69) is 40.2 Å². The number of fused-ring (bicyclic) bond motifs is 3. The van der Waals surface area contributed by atoms with Crippen molar-refractivity contribution in [3.05, 3.63) is 46.9 Å². The molecule has 0 saturated carbocycles. The molecule has 0 aliphatic rings. The minimum atomic E-state index is 0.734. The fourth-order valence-corrected chi connectivity index (χ4v) is 2.99. The van der Waals surface area contributed by atoms with Gasteiger partial charge in [-0.05, 0) is 16.8 Å². The number of halogens is 1. The Balaban J connectivity index is 2.58. The molecule has 3 rings (SSSR count). The first-order chi connectivity index (χ1) is 9.26. The van der Waals surface area contributed by atoms with Gasteiger partial charge in [-0.1, -0.05) is 52.3 Å². The molecule has 96 valence electrons. The Hall–Kier alpha value is -1.74. The van der Waals surface area contributed by atoms with Crippen LogP contribution in [0.5, 0.6) is 11.5 Å². The van der Waals surface area contributed by atoms with Gasteiger partial charge in [-0.25, -0.2) is 0 Å². The monoisotopic (exact) mass is 316 g/mol. The summed E-state index contributed by atoms with van der Waals surface area (Å²) in [7, 11) is 3.33. The summed E-state index contributed by atoms with van der Waals surface area (Å²) in [5.74, 6) is 1.51. The molecule has 3 aromatic carbocycles. The molecule has 0 saturated heterocycles. The quantitative estimate of drug-likeness (QED) is 0.634. The molecule has 3 heteroatoms. The Morgan fingerprint density at radius 2 is 1.68 bits per heavy atom. The van der Waals surface area contributed by atoms with Gasteiger partial charge in [-0.3, -0.25) is 0 Å². The van der Waals surface area contributed by atoms with E-state index in [0.29, 0.717) is 0 Å². The van der Waals surface area contributed by atoms with E-state index in [4.69, 9.17) is 9.47 Å². The number of benzene rings is 3. The highest BCUT2D eigenvalue weighted by molar-refractivity contribution is 9.10. The molecular formula is C16H13BrO2. The number of methoxy groups -OCH3 is 2. The van der Waals surface area contributed by atoms with Gasteiger partial charge in [0.25, 0.3) is 0 Å². The van der Waals surface area contributed by atoms with Gasteiger partial charge < -0.3 is 9.47 Å². The summed E-state index contributed by atoms with van der Waals surface area (Å²) < 4.78 is 12.0. The van der Waals surface area contributed by atoms with Crippen molar-refractivity contribution in [1.29, 1.82) is 0 Å². The van der Waals surface area contributed by atoms with Gasteiger partial charge >= 0.3 is 0 Å². The Morgan fingerprint density at radius 1 is 0.895 bits per heavy atom. The molecule has 0 N–H and O–H groups in total. The molecule has 0 spiro atoms. The van der Waals surface area contributed by atoms with Crippen molar-refractivity contribution < 1.29 is 9.47 Å². The molecule has 0 unspecified atom stereocenters. The van der Waals surface area contributed by atoms with Crippen molar-refractivity contribution in [3.8, 4) is 11.5 Å². The van der Waals surface area contributed by atoms with Gasteiger partial charge in [0, 0.05) is 15.2 Å². The highest BCUT2D eigenvalue weighted by Gasteiger charge is 2.14. The minimum absolute atomic E-state index is 0.734. The van der Waals surface area contributed by atoms with E-state index >= 15 is 0 Å². The summed E-state index contributed by atoms with van der Waals surface area (Å²) in [4.78, 5) is 0. The van der Waals surface area contributed by atoms with Gasteiger partial charge in [-0.2, -0.15) is 0 Å². The van der Waals surface area contributed by atoms with Crippen LogP contribution in [0.4, 0.5) is 0 Å². The van der Waals surface area contributed by atoms with Gasteiger partial charge in [0.15, 0.2) is 11.5 Å². The summed E-state index contributed by atoms with van der Waals surface area (Å²) in [6.07, 6.45) is 0. The summed E-state index contributed by atoms with van der Waals surface area (Å²) in [6.45, 7) is 0. The third-order valence-corrected chi connectivity index (χ3v) is 3.98. The number of ether oxygens (including phenoxy) is 2. The zero-order valence-corrected chi connectivity index (χ0v) is 12.3. The molecule has 2 nitrogen and oxygen atoms in total. The second-order valence-corrected chi connectivity index (χ2v) is 5.16. The highest BCUT2D eigenvalue weighted by atomic mass is 79.9. The second-order valence-electron chi connectivity index (χ2n) is 4.30. The highest BCUT2D eigenvalue weighted by Crippen LogP contribution is 2.43. The van der Waals surface area contributed by atoms with Gasteiger partial charge in [-0.15, -0.1) is 0 Å². The molecule has 0 radical (unpaired) electrons. The third-order valence-electron chi connectivity index (χ3n) is 3.32. The molecule has 0 aliphatic carbocycles. The first-order valence-electron chi connectivity index (χ1n) is 5.98. The van der Waals surface area contributed by atoms with Crippen LogP contribution >= 0.6 is 15.9 Å². The molecule has 0 heterocycles. The summed E-state index contributed by atoms with van der Waals surface area (Å²) in [5.41, 5.74) is 0. The predicted octanol–water partition coefficient (Wildman–Crippen LogP) is 4.77. The Bertz CT molecular complexity index is 765. The average molecular weight is 317 g/mol. The number of hydrogen-bond acceptors (Lipinski definition) is 2. The standard InChI is InChI=1S/C16H13BrO2/c1-18-14-9-13(17)12-8-7-10-5-3-4-6-11(10)15(12)16(14)19-2/h3-9H,1-2H3. The van der Waals surface area contributed by atoms with E-state index in [9.17, 15) is 0 Å². The van der Waals surface area contributed by atoms with Crippen LogP contribution in [-0.2, 0) is 0 Å². The van der Waals surface area contributed by atoms with Crippen LogP contribution in [0.15, 0.2) is 46.9 Å². The van der Waals surface area contributed by atoms with Crippen LogP contribution in [0, 0.1) is 0 Å². The second kappa shape index (κ2) is 4.74. The summed E-state index contributed by atoms with van der Waals surface area (Å²) in [5, 5.41) is 4.55. The first-order valence-corrected chi connectivity index (χ1v) is 6.77. The largest absolute Gasteiger partial charge is 0.493 e. The molecule has 0 atom stereocenters. The lowest BCUT2D eigenvalue weighted by Gasteiger charge is -2.14.